The smallest absolute Gasteiger partial charge is 0.0194 e. The molecule has 0 aliphatic rings. The third-order valence-electron chi connectivity index (χ3n) is 2.38. The highest BCUT2D eigenvalue weighted by Gasteiger charge is 2.10. The molecule has 2 heteroatoms. The molecule has 0 aromatic rings. The quantitative estimate of drug-likeness (QED) is 0.654. The lowest BCUT2D eigenvalue weighted by Gasteiger charge is -2.23. The molecule has 1 N–H and O–H groups in total. The topological polar surface area (TPSA) is 15.3 Å². The van der Waals surface area contributed by atoms with Gasteiger partial charge in [0.1, 0.15) is 0 Å². The van der Waals surface area contributed by atoms with Gasteiger partial charge in [-0.1, -0.05) is 20.3 Å². The number of nitrogens with zero attached hydrogens (tertiary/aromatic N) is 1. The van der Waals surface area contributed by atoms with Gasteiger partial charge in [0.05, 0.1) is 0 Å². The van der Waals surface area contributed by atoms with Crippen LogP contribution in [0.5, 0.6) is 0 Å². The first-order valence-corrected chi connectivity index (χ1v) is 4.92. The van der Waals surface area contributed by atoms with Gasteiger partial charge >= 0.3 is 0 Å². The Morgan fingerprint density at radius 2 is 1.92 bits per heavy atom. The summed E-state index contributed by atoms with van der Waals surface area (Å²) in [6.07, 6.45) is 2.57. The fourth-order valence-electron chi connectivity index (χ4n) is 1.38. The molecule has 0 heterocycles. The van der Waals surface area contributed by atoms with Crippen LogP contribution < -0.4 is 5.32 Å². The molecule has 0 aromatic heterocycles. The molecule has 2 unspecified atom stereocenters. The van der Waals surface area contributed by atoms with Crippen molar-refractivity contribution in [1.82, 2.24) is 10.2 Å². The van der Waals surface area contributed by atoms with Crippen molar-refractivity contribution in [3.8, 4) is 0 Å². The van der Waals surface area contributed by atoms with Gasteiger partial charge < -0.3 is 10.2 Å². The summed E-state index contributed by atoms with van der Waals surface area (Å²) in [4.78, 5) is 2.24. The zero-order valence-electron chi connectivity index (χ0n) is 9.22. The minimum Gasteiger partial charge on any atom is -0.316 e. The van der Waals surface area contributed by atoms with Crippen LogP contribution in [0.1, 0.15) is 26.7 Å². The Hall–Kier alpha value is -0.0800. The van der Waals surface area contributed by atoms with Gasteiger partial charge in [0.15, 0.2) is 0 Å². The monoisotopic (exact) mass is 172 g/mol. The maximum absolute atomic E-state index is 3.36. The van der Waals surface area contributed by atoms with Gasteiger partial charge in [0.2, 0.25) is 0 Å². The summed E-state index contributed by atoms with van der Waals surface area (Å²) >= 11 is 0. The van der Waals surface area contributed by atoms with Crippen molar-refractivity contribution in [2.45, 2.75) is 32.7 Å². The van der Waals surface area contributed by atoms with Crippen LogP contribution in [0.15, 0.2) is 0 Å². The summed E-state index contributed by atoms with van der Waals surface area (Å²) in [5.41, 5.74) is 0. The maximum Gasteiger partial charge on any atom is 0.0194 e. The zero-order chi connectivity index (χ0) is 9.56. The average Bonchev–Trinajstić information content (AvgIpc) is 2.02. The first kappa shape index (κ1) is 11.9. The highest BCUT2D eigenvalue weighted by Crippen LogP contribution is 2.09. The van der Waals surface area contributed by atoms with Gasteiger partial charge in [-0.3, -0.25) is 0 Å². The summed E-state index contributed by atoms with van der Waals surface area (Å²) in [5, 5.41) is 3.36. The van der Waals surface area contributed by atoms with Crippen LogP contribution in [0.25, 0.3) is 0 Å². The van der Waals surface area contributed by atoms with E-state index in [1.54, 1.807) is 0 Å². The molecule has 74 valence electrons. The highest BCUT2D eigenvalue weighted by atomic mass is 15.1. The fourth-order valence-corrected chi connectivity index (χ4v) is 1.38. The van der Waals surface area contributed by atoms with Gasteiger partial charge in [-0.15, -0.1) is 0 Å². The summed E-state index contributed by atoms with van der Waals surface area (Å²) in [6.45, 7) is 5.72. The third-order valence-corrected chi connectivity index (χ3v) is 2.38. The van der Waals surface area contributed by atoms with E-state index < -0.39 is 0 Å². The SMILES string of the molecule is CCC(C)CC(CN(C)C)NC. The van der Waals surface area contributed by atoms with E-state index in [1.807, 2.05) is 0 Å². The number of hydrogen-bond donors (Lipinski definition) is 1. The molecule has 0 saturated heterocycles. The van der Waals surface area contributed by atoms with Crippen molar-refractivity contribution in [2.75, 3.05) is 27.7 Å². The Morgan fingerprint density at radius 3 is 2.25 bits per heavy atom. The first-order chi connectivity index (χ1) is 5.60. The predicted molar refractivity (Wildman–Crippen MR) is 55.5 cm³/mol. The Balaban J connectivity index is 3.66. The Morgan fingerprint density at radius 1 is 1.33 bits per heavy atom. The lowest BCUT2D eigenvalue weighted by molar-refractivity contribution is 0.309. The number of nitrogens with one attached hydrogen (secondary N) is 1. The second-order valence-electron chi connectivity index (χ2n) is 4.00. The molecular formula is C10H24N2. The summed E-state index contributed by atoms with van der Waals surface area (Å²) in [6, 6.07) is 0.648. The molecule has 0 fully saturated rings. The van der Waals surface area contributed by atoms with E-state index in [9.17, 15) is 0 Å². The van der Waals surface area contributed by atoms with Gasteiger partial charge in [-0.2, -0.15) is 0 Å². The highest BCUT2D eigenvalue weighted by molar-refractivity contribution is 4.69. The van der Waals surface area contributed by atoms with E-state index in [0.29, 0.717) is 6.04 Å². The molecule has 0 saturated carbocycles. The predicted octanol–water partition coefficient (Wildman–Crippen LogP) is 1.57. The molecule has 0 aliphatic carbocycles. The van der Waals surface area contributed by atoms with Crippen molar-refractivity contribution in [3.05, 3.63) is 0 Å². The Kier molecular flexibility index (Phi) is 6.39. The average molecular weight is 172 g/mol. The second kappa shape index (κ2) is 6.44. The van der Waals surface area contributed by atoms with Crippen molar-refractivity contribution in [3.63, 3.8) is 0 Å². The van der Waals surface area contributed by atoms with E-state index in [-0.39, 0.29) is 0 Å². The van der Waals surface area contributed by atoms with Crippen LogP contribution >= 0.6 is 0 Å². The van der Waals surface area contributed by atoms with Crippen LogP contribution in [0.3, 0.4) is 0 Å². The molecule has 0 aliphatic heterocycles. The summed E-state index contributed by atoms with van der Waals surface area (Å²) < 4.78 is 0. The van der Waals surface area contributed by atoms with Crippen molar-refractivity contribution in [1.29, 1.82) is 0 Å². The number of hydrogen-bond acceptors (Lipinski definition) is 2. The molecule has 0 radical (unpaired) electrons. The molecule has 0 amide bonds. The van der Waals surface area contributed by atoms with Gasteiger partial charge in [-0.25, -0.2) is 0 Å². The first-order valence-electron chi connectivity index (χ1n) is 4.92. The van der Waals surface area contributed by atoms with E-state index in [1.165, 1.54) is 12.8 Å². The lowest BCUT2D eigenvalue weighted by atomic mass is 9.99. The molecule has 0 rings (SSSR count). The Labute approximate surface area is 77.3 Å². The summed E-state index contributed by atoms with van der Waals surface area (Å²) in [7, 11) is 6.30. The second-order valence-corrected chi connectivity index (χ2v) is 4.00. The molecule has 12 heavy (non-hydrogen) atoms. The van der Waals surface area contributed by atoms with Gasteiger partial charge in [0, 0.05) is 12.6 Å². The molecule has 0 aromatic carbocycles. The van der Waals surface area contributed by atoms with E-state index in [4.69, 9.17) is 0 Å². The van der Waals surface area contributed by atoms with Gasteiger partial charge in [0.25, 0.3) is 0 Å². The molecule has 0 bridgehead atoms. The van der Waals surface area contributed by atoms with Crippen molar-refractivity contribution < 1.29 is 0 Å². The van der Waals surface area contributed by atoms with E-state index in [2.05, 4.69) is 45.2 Å². The third kappa shape index (κ3) is 5.56. The molecular weight excluding hydrogens is 148 g/mol. The van der Waals surface area contributed by atoms with Crippen molar-refractivity contribution in [2.24, 2.45) is 5.92 Å². The van der Waals surface area contributed by atoms with E-state index >= 15 is 0 Å². The van der Waals surface area contributed by atoms with E-state index in [0.717, 1.165) is 12.5 Å². The van der Waals surface area contributed by atoms with Crippen LogP contribution in [0, 0.1) is 5.92 Å². The molecule has 2 nitrogen and oxygen atoms in total. The number of rotatable bonds is 6. The van der Waals surface area contributed by atoms with Crippen LogP contribution in [0.2, 0.25) is 0 Å². The maximum atomic E-state index is 3.36. The van der Waals surface area contributed by atoms with Gasteiger partial charge in [-0.05, 0) is 33.5 Å². The largest absolute Gasteiger partial charge is 0.316 e. The standard InChI is InChI=1S/C10H24N2/c1-6-9(2)7-10(11-3)8-12(4)5/h9-11H,6-8H2,1-5H3. The summed E-state index contributed by atoms with van der Waals surface area (Å²) in [5.74, 6) is 0.836. The Bertz CT molecular complexity index is 102. The fraction of sp³-hybridized carbons (Fsp3) is 1.00. The lowest BCUT2D eigenvalue weighted by Crippen LogP contribution is -2.37. The minimum atomic E-state index is 0.648. The minimum absolute atomic E-state index is 0.648. The molecule has 2 atom stereocenters. The number of likely N-dealkylation sites (N-methyl/N-ethyl adjacent to an activating group) is 2. The van der Waals surface area contributed by atoms with Crippen LogP contribution in [-0.4, -0.2) is 38.6 Å². The van der Waals surface area contributed by atoms with Crippen LogP contribution in [-0.2, 0) is 0 Å². The zero-order valence-corrected chi connectivity index (χ0v) is 9.22. The van der Waals surface area contributed by atoms with Crippen LogP contribution in [0.4, 0.5) is 0 Å². The normalized spacial score (nSPS) is 16.5. The van der Waals surface area contributed by atoms with Crippen molar-refractivity contribution >= 4 is 0 Å². The molecule has 0 spiro atoms.